The molecular formula is C15H14ClN3O2. The molecule has 2 rings (SSSR count). The topological polar surface area (TPSA) is 87.7 Å². The van der Waals surface area contributed by atoms with Crippen LogP contribution in [0.1, 0.15) is 21.5 Å². The van der Waals surface area contributed by atoms with Crippen LogP contribution in [0.15, 0.2) is 47.6 Å². The lowest BCUT2D eigenvalue weighted by atomic mass is 10.1. The molecule has 0 atom stereocenters. The summed E-state index contributed by atoms with van der Waals surface area (Å²) in [5.74, 6) is -0.278. The number of carbonyl (C=O) groups excluding carboxylic acids is 1. The van der Waals surface area contributed by atoms with Crippen molar-refractivity contribution in [3.05, 3.63) is 64.2 Å². The van der Waals surface area contributed by atoms with Crippen LogP contribution in [0.2, 0.25) is 5.02 Å². The number of aryl methyl sites for hydroxylation is 1. The normalized spacial score (nSPS) is 11.2. The van der Waals surface area contributed by atoms with E-state index in [1.165, 1.54) is 0 Å². The summed E-state index contributed by atoms with van der Waals surface area (Å²) in [4.78, 5) is 12.2. The number of amidine groups is 1. The van der Waals surface area contributed by atoms with Crippen LogP contribution in [0.25, 0.3) is 0 Å². The van der Waals surface area contributed by atoms with Gasteiger partial charge in [-0.15, -0.1) is 0 Å². The highest BCUT2D eigenvalue weighted by molar-refractivity contribution is 6.31. The molecule has 0 saturated heterocycles. The molecule has 21 heavy (non-hydrogen) atoms. The first kappa shape index (κ1) is 14.9. The monoisotopic (exact) mass is 303 g/mol. The van der Waals surface area contributed by atoms with Crippen LogP contribution in [-0.2, 0) is 0 Å². The maximum Gasteiger partial charge on any atom is 0.255 e. The van der Waals surface area contributed by atoms with Crippen molar-refractivity contribution in [2.24, 2.45) is 10.9 Å². The van der Waals surface area contributed by atoms with E-state index in [0.29, 0.717) is 21.8 Å². The zero-order valence-corrected chi connectivity index (χ0v) is 12.1. The molecule has 0 aliphatic rings. The third kappa shape index (κ3) is 3.52. The fraction of sp³-hybridized carbons (Fsp3) is 0.0667. The number of hydrogen-bond acceptors (Lipinski definition) is 3. The third-order valence-electron chi connectivity index (χ3n) is 2.94. The number of nitrogens with one attached hydrogen (secondary N) is 1. The summed E-state index contributed by atoms with van der Waals surface area (Å²) in [7, 11) is 0. The lowest BCUT2D eigenvalue weighted by molar-refractivity contribution is 0.102. The number of anilines is 1. The smallest absolute Gasteiger partial charge is 0.255 e. The summed E-state index contributed by atoms with van der Waals surface area (Å²) in [5.41, 5.74) is 7.92. The van der Waals surface area contributed by atoms with Crippen molar-refractivity contribution >= 4 is 29.0 Å². The van der Waals surface area contributed by atoms with E-state index >= 15 is 0 Å². The average molecular weight is 304 g/mol. The largest absolute Gasteiger partial charge is 0.409 e. The second-order valence-electron chi connectivity index (χ2n) is 4.48. The SMILES string of the molecule is Cc1cc(C(=O)Nc2cccc(/C(N)=N/O)c2)ccc1Cl. The Balaban J connectivity index is 2.21. The van der Waals surface area contributed by atoms with Crippen molar-refractivity contribution in [1.29, 1.82) is 0 Å². The van der Waals surface area contributed by atoms with Crippen LogP contribution in [0.5, 0.6) is 0 Å². The van der Waals surface area contributed by atoms with Gasteiger partial charge >= 0.3 is 0 Å². The Morgan fingerprint density at radius 3 is 2.67 bits per heavy atom. The van der Waals surface area contributed by atoms with E-state index in [0.717, 1.165) is 5.56 Å². The lowest BCUT2D eigenvalue weighted by Gasteiger charge is -2.08. The highest BCUT2D eigenvalue weighted by Gasteiger charge is 2.08. The average Bonchev–Trinajstić information content (AvgIpc) is 2.49. The van der Waals surface area contributed by atoms with Crippen molar-refractivity contribution in [2.75, 3.05) is 5.32 Å². The Morgan fingerprint density at radius 2 is 2.00 bits per heavy atom. The molecule has 0 aromatic heterocycles. The molecule has 2 aromatic rings. The zero-order valence-electron chi connectivity index (χ0n) is 11.3. The number of nitrogens with two attached hydrogens (primary N) is 1. The van der Waals surface area contributed by atoms with Crippen LogP contribution < -0.4 is 11.1 Å². The van der Waals surface area contributed by atoms with Crippen LogP contribution in [0.4, 0.5) is 5.69 Å². The molecule has 0 saturated carbocycles. The maximum absolute atomic E-state index is 12.2. The molecule has 0 aliphatic heterocycles. The van der Waals surface area contributed by atoms with Gasteiger partial charge in [0.05, 0.1) is 0 Å². The van der Waals surface area contributed by atoms with Gasteiger partial charge in [0.1, 0.15) is 0 Å². The van der Waals surface area contributed by atoms with Crippen molar-refractivity contribution in [3.63, 3.8) is 0 Å². The van der Waals surface area contributed by atoms with Crippen molar-refractivity contribution in [3.8, 4) is 0 Å². The summed E-state index contributed by atoms with van der Waals surface area (Å²) in [5, 5.41) is 14.9. The Kier molecular flexibility index (Phi) is 4.45. The molecule has 2 aromatic carbocycles. The van der Waals surface area contributed by atoms with Crippen LogP contribution >= 0.6 is 11.6 Å². The van der Waals surface area contributed by atoms with Gasteiger partial charge in [-0.25, -0.2) is 0 Å². The second-order valence-corrected chi connectivity index (χ2v) is 4.89. The number of rotatable bonds is 3. The number of halogens is 1. The van der Waals surface area contributed by atoms with Crippen LogP contribution in [-0.4, -0.2) is 17.0 Å². The van der Waals surface area contributed by atoms with Gasteiger partial charge in [0.2, 0.25) is 0 Å². The first-order chi connectivity index (χ1) is 10.0. The van der Waals surface area contributed by atoms with Crippen molar-refractivity contribution in [1.82, 2.24) is 0 Å². The Morgan fingerprint density at radius 1 is 1.24 bits per heavy atom. The quantitative estimate of drug-likeness (QED) is 0.352. The molecule has 5 nitrogen and oxygen atoms in total. The van der Waals surface area contributed by atoms with E-state index in [4.69, 9.17) is 22.5 Å². The van der Waals surface area contributed by atoms with Crippen LogP contribution in [0, 0.1) is 6.92 Å². The number of benzene rings is 2. The number of amides is 1. The van der Waals surface area contributed by atoms with Crippen LogP contribution in [0.3, 0.4) is 0 Å². The van der Waals surface area contributed by atoms with E-state index in [1.54, 1.807) is 42.5 Å². The number of hydrogen-bond donors (Lipinski definition) is 3. The Labute approximate surface area is 127 Å². The first-order valence-corrected chi connectivity index (χ1v) is 6.54. The Bertz CT molecular complexity index is 714. The minimum absolute atomic E-state index is 0.0200. The highest BCUT2D eigenvalue weighted by Crippen LogP contribution is 2.18. The highest BCUT2D eigenvalue weighted by atomic mass is 35.5. The van der Waals surface area contributed by atoms with Gasteiger partial charge in [0, 0.05) is 21.8 Å². The molecule has 0 bridgehead atoms. The van der Waals surface area contributed by atoms with Gasteiger partial charge < -0.3 is 16.3 Å². The van der Waals surface area contributed by atoms with Gasteiger partial charge in [-0.1, -0.05) is 28.9 Å². The third-order valence-corrected chi connectivity index (χ3v) is 3.37. The number of oxime groups is 1. The van der Waals surface area contributed by atoms with Gasteiger partial charge in [-0.2, -0.15) is 0 Å². The number of carbonyl (C=O) groups is 1. The molecule has 0 heterocycles. The van der Waals surface area contributed by atoms with Crippen molar-refractivity contribution < 1.29 is 10.0 Å². The molecule has 0 spiro atoms. The summed E-state index contributed by atoms with van der Waals surface area (Å²) in [6.45, 7) is 1.83. The molecule has 0 unspecified atom stereocenters. The maximum atomic E-state index is 12.2. The van der Waals surface area contributed by atoms with E-state index in [1.807, 2.05) is 6.92 Å². The summed E-state index contributed by atoms with van der Waals surface area (Å²) in [6.07, 6.45) is 0. The fourth-order valence-electron chi connectivity index (χ4n) is 1.80. The predicted octanol–water partition coefficient (Wildman–Crippen LogP) is 3.00. The minimum atomic E-state index is -0.258. The van der Waals surface area contributed by atoms with E-state index in [9.17, 15) is 4.79 Å². The molecule has 108 valence electrons. The molecule has 4 N–H and O–H groups in total. The van der Waals surface area contributed by atoms with E-state index in [2.05, 4.69) is 10.5 Å². The lowest BCUT2D eigenvalue weighted by Crippen LogP contribution is -2.15. The van der Waals surface area contributed by atoms with E-state index in [-0.39, 0.29) is 11.7 Å². The minimum Gasteiger partial charge on any atom is -0.409 e. The molecule has 1 amide bonds. The molecule has 0 fully saturated rings. The molecule has 0 radical (unpaired) electrons. The Hall–Kier alpha value is -2.53. The first-order valence-electron chi connectivity index (χ1n) is 6.16. The van der Waals surface area contributed by atoms with Crippen molar-refractivity contribution in [2.45, 2.75) is 6.92 Å². The summed E-state index contributed by atoms with van der Waals surface area (Å²) < 4.78 is 0. The van der Waals surface area contributed by atoms with Gasteiger partial charge in [0.25, 0.3) is 5.91 Å². The molecular weight excluding hydrogens is 290 g/mol. The summed E-state index contributed by atoms with van der Waals surface area (Å²) in [6, 6.07) is 11.8. The van der Waals surface area contributed by atoms with E-state index < -0.39 is 0 Å². The summed E-state index contributed by atoms with van der Waals surface area (Å²) >= 11 is 5.93. The standard InChI is InChI=1S/C15H14ClN3O2/c1-9-7-11(5-6-13(9)16)15(20)18-12-4-2-3-10(8-12)14(17)19-21/h2-8,21H,1H3,(H2,17,19)(H,18,20). The fourth-order valence-corrected chi connectivity index (χ4v) is 1.92. The predicted molar refractivity (Wildman–Crippen MR) is 83.1 cm³/mol. The molecule has 6 heteroatoms. The number of nitrogens with zero attached hydrogens (tertiary/aromatic N) is 1. The zero-order chi connectivity index (χ0) is 15.4. The second kappa shape index (κ2) is 6.28. The van der Waals surface area contributed by atoms with Gasteiger partial charge in [-0.05, 0) is 42.8 Å². The van der Waals surface area contributed by atoms with Gasteiger partial charge in [0.15, 0.2) is 5.84 Å². The molecule has 0 aliphatic carbocycles. The van der Waals surface area contributed by atoms with Gasteiger partial charge in [-0.3, -0.25) is 4.79 Å².